The van der Waals surface area contributed by atoms with E-state index in [4.69, 9.17) is 0 Å². The number of hydrogen-bond acceptors (Lipinski definition) is 5. The van der Waals surface area contributed by atoms with Crippen LogP contribution in [0.15, 0.2) is 89.4 Å². The number of aliphatic imine (C=N–C) groups is 1. The molecule has 1 fully saturated rings. The highest BCUT2D eigenvalue weighted by atomic mass is 19.3. The van der Waals surface area contributed by atoms with E-state index in [1.807, 2.05) is 77.2 Å². The fourth-order valence-electron chi connectivity index (χ4n) is 5.21. The molecule has 1 aromatic carbocycles. The average molecular weight is 628 g/mol. The third-order valence-corrected chi connectivity index (χ3v) is 7.73. The molecule has 1 saturated heterocycles. The first-order valence-electron chi connectivity index (χ1n) is 15.2. The Kier molecular flexibility index (Phi) is 15.8. The Labute approximate surface area is 269 Å². The van der Waals surface area contributed by atoms with Crippen molar-refractivity contribution in [3.63, 3.8) is 0 Å². The fraction of sp³-hybridized carbons (Fsp3) is 0.444. The maximum absolute atomic E-state index is 15.7. The minimum atomic E-state index is -3.17. The topological polar surface area (TPSA) is 51.2 Å². The van der Waals surface area contributed by atoms with Crippen LogP contribution >= 0.6 is 0 Å². The molecule has 0 bridgehead atoms. The normalized spacial score (nSPS) is 18.3. The number of hydrogen-bond donors (Lipinski definition) is 1. The van der Waals surface area contributed by atoms with E-state index < -0.39 is 24.2 Å². The number of likely N-dealkylation sites (N-methyl/N-ethyl adjacent to an activating group) is 2. The Bertz CT molecular complexity index is 1320. The van der Waals surface area contributed by atoms with Crippen LogP contribution in [0, 0.1) is 12.7 Å². The summed E-state index contributed by atoms with van der Waals surface area (Å²) in [5, 5.41) is 3.08. The smallest absolute Gasteiger partial charge is 0.267 e. The van der Waals surface area contributed by atoms with Gasteiger partial charge in [-0.2, -0.15) is 0 Å². The van der Waals surface area contributed by atoms with Crippen LogP contribution in [-0.2, 0) is 0 Å². The van der Waals surface area contributed by atoms with Crippen LogP contribution in [-0.4, -0.2) is 87.1 Å². The van der Waals surface area contributed by atoms with E-state index in [9.17, 15) is 4.79 Å². The molecule has 2 unspecified atom stereocenters. The van der Waals surface area contributed by atoms with E-state index in [0.29, 0.717) is 17.7 Å². The fourth-order valence-corrected chi connectivity index (χ4v) is 5.21. The van der Waals surface area contributed by atoms with E-state index in [1.165, 1.54) is 11.0 Å². The molecule has 2 atom stereocenters. The van der Waals surface area contributed by atoms with Crippen molar-refractivity contribution in [1.29, 1.82) is 0 Å². The van der Waals surface area contributed by atoms with Crippen molar-refractivity contribution >= 4 is 12.1 Å². The number of nitrogens with zero attached hydrogens (tertiary/aromatic N) is 4. The summed E-state index contributed by atoms with van der Waals surface area (Å²) in [6, 6.07) is 2.27. The molecule has 0 saturated carbocycles. The zero-order valence-electron chi connectivity index (χ0n) is 28.7. The van der Waals surface area contributed by atoms with Gasteiger partial charge in [0.15, 0.2) is 0 Å². The van der Waals surface area contributed by atoms with Crippen molar-refractivity contribution in [2.24, 2.45) is 4.99 Å². The lowest BCUT2D eigenvalue weighted by Crippen LogP contribution is -2.51. The summed E-state index contributed by atoms with van der Waals surface area (Å²) >= 11 is 0. The van der Waals surface area contributed by atoms with Crippen LogP contribution < -0.4 is 5.32 Å². The van der Waals surface area contributed by atoms with Gasteiger partial charge >= 0.3 is 0 Å². The van der Waals surface area contributed by atoms with Crippen molar-refractivity contribution in [2.75, 3.05) is 48.3 Å². The Hall–Kier alpha value is -3.85. The quantitative estimate of drug-likeness (QED) is 0.193. The lowest BCUT2D eigenvalue weighted by atomic mass is 9.82. The number of carbonyl (C=O) groups is 1. The minimum Gasteiger partial charge on any atom is -0.388 e. The summed E-state index contributed by atoms with van der Waals surface area (Å²) < 4.78 is 46.5. The second-order valence-electron chi connectivity index (χ2n) is 11.0. The second-order valence-corrected chi connectivity index (χ2v) is 11.0. The van der Waals surface area contributed by atoms with E-state index in [0.717, 1.165) is 23.0 Å². The summed E-state index contributed by atoms with van der Waals surface area (Å²) in [5.74, 6) is -5.58. The zero-order valence-corrected chi connectivity index (χ0v) is 28.7. The Morgan fingerprint density at radius 1 is 1.22 bits per heavy atom. The number of rotatable bonds is 12. The van der Waals surface area contributed by atoms with Gasteiger partial charge in [-0.05, 0) is 80.8 Å². The lowest BCUT2D eigenvalue weighted by Gasteiger charge is -2.42. The molecule has 1 aliphatic rings. The van der Waals surface area contributed by atoms with Crippen LogP contribution in [0.1, 0.15) is 61.5 Å². The number of benzene rings is 1. The highest BCUT2D eigenvalue weighted by Gasteiger charge is 2.47. The van der Waals surface area contributed by atoms with Crippen LogP contribution in [0.3, 0.4) is 0 Å². The van der Waals surface area contributed by atoms with Gasteiger partial charge in [-0.25, -0.2) is 13.2 Å². The number of nitrogens with one attached hydrogen (secondary N) is 1. The summed E-state index contributed by atoms with van der Waals surface area (Å²) in [7, 11) is 8.52. The molecule has 1 N–H and O–H groups in total. The number of carbonyl (C=O) groups excluding carboxylic acids is 1. The Morgan fingerprint density at radius 2 is 1.87 bits per heavy atom. The summed E-state index contributed by atoms with van der Waals surface area (Å²) in [6.45, 7) is 17.2. The van der Waals surface area contributed by atoms with E-state index >= 15 is 13.2 Å². The van der Waals surface area contributed by atoms with Crippen LogP contribution in [0.4, 0.5) is 13.2 Å². The van der Waals surface area contributed by atoms with Crippen molar-refractivity contribution in [2.45, 2.75) is 58.9 Å². The maximum atomic E-state index is 15.7. The van der Waals surface area contributed by atoms with Gasteiger partial charge in [0.05, 0.1) is 12.5 Å². The van der Waals surface area contributed by atoms with Crippen molar-refractivity contribution in [3.8, 4) is 0 Å². The van der Waals surface area contributed by atoms with Gasteiger partial charge < -0.3 is 15.1 Å². The Balaban J connectivity index is 0.00000496. The largest absolute Gasteiger partial charge is 0.388 e. The van der Waals surface area contributed by atoms with Crippen LogP contribution in [0.25, 0.3) is 0 Å². The highest BCUT2D eigenvalue weighted by molar-refractivity contribution is 5.94. The minimum absolute atomic E-state index is 0.0129. The van der Waals surface area contributed by atoms with Gasteiger partial charge in [-0.3, -0.25) is 14.7 Å². The molecular formula is C36H52F3N5O. The molecule has 45 heavy (non-hydrogen) atoms. The second kappa shape index (κ2) is 18.2. The molecule has 9 heteroatoms. The third-order valence-electron chi connectivity index (χ3n) is 7.73. The number of allylic oxidation sites excluding steroid dienone is 5. The standard InChI is InChI=1S/C34H46F3N5O.C2H6/c1-11-12-28(39-7)14-17-41(10)31(13-16-38-6)24(3)19-23(2)26(5)42-18-15-29(34(36,37)22-42)32-25(4)20-27(21-30(32)35)33(43)40(8)9;1-2/h11-14,16-17,19-21,26,29,39H,1,3,15,18,22H2,2,4-10H3;1-2H3/b17-14-,23-19+,28-12+,31-13+,38-16?;. The zero-order chi connectivity index (χ0) is 34.5. The molecule has 1 amide bonds. The number of likely N-dealkylation sites (tertiary alicyclic amines) is 1. The number of halogens is 3. The predicted molar refractivity (Wildman–Crippen MR) is 183 cm³/mol. The maximum Gasteiger partial charge on any atom is 0.267 e. The van der Waals surface area contributed by atoms with E-state index in [1.54, 1.807) is 45.3 Å². The van der Waals surface area contributed by atoms with Gasteiger partial charge in [0.1, 0.15) is 5.82 Å². The first-order valence-corrected chi connectivity index (χ1v) is 15.2. The molecule has 1 aromatic rings. The van der Waals surface area contributed by atoms with Crippen LogP contribution in [0.2, 0.25) is 0 Å². The number of aryl methyl sites for hydroxylation is 1. The Morgan fingerprint density at radius 3 is 2.38 bits per heavy atom. The molecule has 1 heterocycles. The summed E-state index contributed by atoms with van der Waals surface area (Å²) in [4.78, 5) is 21.3. The SMILES string of the molecule is C=C/C=C(\C=C/N(C)/C(=C/C=NC)C(=C)/C=C(\C)C(C)N1CCC(c2c(C)cc(C(=O)N(C)C)cc2F)C(F)(F)C1)NC.CC. The summed E-state index contributed by atoms with van der Waals surface area (Å²) in [5.41, 5.74) is 3.71. The predicted octanol–water partition coefficient (Wildman–Crippen LogP) is 7.50. The van der Waals surface area contributed by atoms with E-state index in [-0.39, 0.29) is 29.5 Å². The van der Waals surface area contributed by atoms with Gasteiger partial charge in [0, 0.05) is 70.7 Å². The van der Waals surface area contributed by atoms with Gasteiger partial charge in [-0.15, -0.1) is 0 Å². The highest BCUT2D eigenvalue weighted by Crippen LogP contribution is 2.43. The lowest BCUT2D eigenvalue weighted by molar-refractivity contribution is -0.0891. The van der Waals surface area contributed by atoms with Crippen LogP contribution in [0.5, 0.6) is 0 Å². The molecular weight excluding hydrogens is 575 g/mol. The van der Waals surface area contributed by atoms with Crippen molar-refractivity contribution < 1.29 is 18.0 Å². The molecule has 2 rings (SSSR count). The molecule has 0 radical (unpaired) electrons. The number of amides is 1. The first kappa shape index (κ1) is 39.2. The van der Waals surface area contributed by atoms with Gasteiger partial charge in [-0.1, -0.05) is 44.7 Å². The number of piperidine rings is 1. The molecule has 0 spiro atoms. The van der Waals surface area contributed by atoms with Gasteiger partial charge in [0.25, 0.3) is 11.8 Å². The molecule has 6 nitrogen and oxygen atoms in total. The average Bonchev–Trinajstić information content (AvgIpc) is 2.99. The monoisotopic (exact) mass is 627 g/mol. The third kappa shape index (κ3) is 10.6. The molecule has 248 valence electrons. The molecule has 1 aliphatic heterocycles. The van der Waals surface area contributed by atoms with E-state index in [2.05, 4.69) is 23.5 Å². The molecule has 0 aliphatic carbocycles. The molecule has 0 aromatic heterocycles. The summed E-state index contributed by atoms with van der Waals surface area (Å²) in [6.07, 6.45) is 12.8. The number of alkyl halides is 2. The van der Waals surface area contributed by atoms with Crippen molar-refractivity contribution in [3.05, 3.63) is 107 Å². The van der Waals surface area contributed by atoms with Gasteiger partial charge in [0.2, 0.25) is 0 Å². The first-order chi connectivity index (χ1) is 21.2. The van der Waals surface area contributed by atoms with Crippen molar-refractivity contribution in [1.82, 2.24) is 20.0 Å².